The summed E-state index contributed by atoms with van der Waals surface area (Å²) in [6.45, 7) is 7.47. The van der Waals surface area contributed by atoms with Crippen molar-refractivity contribution in [2.75, 3.05) is 22.5 Å². The Morgan fingerprint density at radius 1 is 0.889 bits per heavy atom. The lowest BCUT2D eigenvalue weighted by molar-refractivity contribution is 0.596. The number of hydrogen-bond donors (Lipinski definition) is 3. The summed E-state index contributed by atoms with van der Waals surface area (Å²) < 4.78 is 14.3. The zero-order chi connectivity index (χ0) is 25.1. The van der Waals surface area contributed by atoms with Gasteiger partial charge in [-0.2, -0.15) is 0 Å². The molecule has 1 aromatic heterocycles. The molecule has 3 N–H and O–H groups in total. The average molecular weight is 482 g/mol. The van der Waals surface area contributed by atoms with E-state index in [0.717, 1.165) is 35.7 Å². The summed E-state index contributed by atoms with van der Waals surface area (Å²) in [7, 11) is 0. The van der Waals surface area contributed by atoms with Gasteiger partial charge < -0.3 is 16.0 Å². The molecule has 2 unspecified atom stereocenters. The predicted molar refractivity (Wildman–Crippen MR) is 146 cm³/mol. The minimum atomic E-state index is -0.172. The number of halogens is 1. The molecule has 5 rings (SSSR count). The molecule has 2 heterocycles. The van der Waals surface area contributed by atoms with E-state index in [1.807, 2.05) is 25.1 Å². The number of nitrogens with zero attached hydrogens (tertiary/aromatic N) is 2. The van der Waals surface area contributed by atoms with Crippen LogP contribution in [0.5, 0.6) is 0 Å². The van der Waals surface area contributed by atoms with Crippen LogP contribution in [0.1, 0.15) is 41.8 Å². The number of benzene rings is 3. The Morgan fingerprint density at radius 2 is 1.61 bits per heavy atom. The maximum Gasteiger partial charge on any atom is 0.146 e. The van der Waals surface area contributed by atoms with Gasteiger partial charge in [0.15, 0.2) is 0 Å². The Labute approximate surface area is 212 Å². The fraction of sp³-hybridized carbons (Fsp3) is 0.267. The second kappa shape index (κ2) is 10.4. The lowest BCUT2D eigenvalue weighted by atomic mass is 9.89. The van der Waals surface area contributed by atoms with Crippen LogP contribution in [0.25, 0.3) is 11.1 Å². The highest BCUT2D eigenvalue weighted by atomic mass is 19.1. The third kappa shape index (κ3) is 5.03. The molecule has 1 aliphatic heterocycles. The first-order chi connectivity index (χ1) is 17.5. The van der Waals surface area contributed by atoms with Crippen LogP contribution in [0.2, 0.25) is 0 Å². The maximum absolute atomic E-state index is 14.3. The highest BCUT2D eigenvalue weighted by Crippen LogP contribution is 2.41. The molecule has 1 aliphatic rings. The molecule has 0 radical (unpaired) electrons. The number of fused-ring (bicyclic) bond motifs is 1. The highest BCUT2D eigenvalue weighted by Gasteiger charge is 2.32. The van der Waals surface area contributed by atoms with Crippen molar-refractivity contribution in [2.45, 2.75) is 45.7 Å². The first-order valence-electron chi connectivity index (χ1n) is 12.5. The van der Waals surface area contributed by atoms with Crippen molar-refractivity contribution in [3.63, 3.8) is 0 Å². The van der Waals surface area contributed by atoms with Crippen LogP contribution >= 0.6 is 0 Å². The van der Waals surface area contributed by atoms with Crippen LogP contribution in [0.15, 0.2) is 72.8 Å². The van der Waals surface area contributed by atoms with Gasteiger partial charge in [0.25, 0.3) is 0 Å². The van der Waals surface area contributed by atoms with Gasteiger partial charge in [-0.3, -0.25) is 0 Å². The fourth-order valence-corrected chi connectivity index (χ4v) is 5.16. The quantitative estimate of drug-likeness (QED) is 0.255. The normalized spacial score (nSPS) is 16.3. The van der Waals surface area contributed by atoms with Crippen molar-refractivity contribution in [3.8, 4) is 11.1 Å². The molecule has 6 heteroatoms. The molecule has 0 saturated carbocycles. The maximum atomic E-state index is 14.3. The van der Waals surface area contributed by atoms with Gasteiger partial charge in [-0.05, 0) is 61.1 Å². The SMILES string of the molecule is Cc1nc(NCCC2c3c(C)ccc(F)c3NC2C)cc(NCc2ccccc2-c2ccccc2)n1. The summed E-state index contributed by atoms with van der Waals surface area (Å²) in [6.07, 6.45) is 0.877. The number of rotatable bonds is 8. The lowest BCUT2D eigenvalue weighted by Crippen LogP contribution is -2.19. The molecule has 0 bridgehead atoms. The smallest absolute Gasteiger partial charge is 0.146 e. The standard InChI is InChI=1S/C30H32FN5/c1-19-13-14-26(31)30-29(19)24(20(2)34-30)15-16-32-27-17-28(36-21(3)35-27)33-18-23-11-7-8-12-25(23)22-9-5-4-6-10-22/h4-14,17,20,24,34H,15-16,18H2,1-3H3,(H2,32,33,35,36). The molecule has 0 fully saturated rings. The third-order valence-corrected chi connectivity index (χ3v) is 6.92. The monoisotopic (exact) mass is 481 g/mol. The molecule has 184 valence electrons. The second-order valence-corrected chi connectivity index (χ2v) is 9.47. The Morgan fingerprint density at radius 3 is 2.42 bits per heavy atom. The van der Waals surface area contributed by atoms with Crippen molar-refractivity contribution in [2.24, 2.45) is 0 Å². The Hall–Kier alpha value is -3.93. The van der Waals surface area contributed by atoms with Crippen LogP contribution in [-0.2, 0) is 6.54 Å². The predicted octanol–water partition coefficient (Wildman–Crippen LogP) is 6.91. The topological polar surface area (TPSA) is 61.9 Å². The van der Waals surface area contributed by atoms with Crippen LogP contribution in [-0.4, -0.2) is 22.6 Å². The molecule has 0 saturated heterocycles. The Bertz CT molecular complexity index is 1360. The van der Waals surface area contributed by atoms with Crippen LogP contribution in [0.4, 0.5) is 21.7 Å². The summed E-state index contributed by atoms with van der Waals surface area (Å²) in [5.41, 5.74) is 6.51. The van der Waals surface area contributed by atoms with Crippen LogP contribution in [0.3, 0.4) is 0 Å². The molecular formula is C30H32FN5. The van der Waals surface area contributed by atoms with E-state index in [1.54, 1.807) is 6.07 Å². The zero-order valence-electron chi connectivity index (χ0n) is 21.0. The Balaban J connectivity index is 1.25. The minimum absolute atomic E-state index is 0.172. The molecule has 36 heavy (non-hydrogen) atoms. The lowest BCUT2D eigenvalue weighted by Gasteiger charge is -2.18. The molecule has 0 aliphatic carbocycles. The first-order valence-corrected chi connectivity index (χ1v) is 12.5. The summed E-state index contributed by atoms with van der Waals surface area (Å²) in [6, 6.07) is 24.4. The van der Waals surface area contributed by atoms with Crippen molar-refractivity contribution in [3.05, 3.63) is 101 Å². The number of hydrogen-bond acceptors (Lipinski definition) is 5. The van der Waals surface area contributed by atoms with Gasteiger partial charge in [-0.15, -0.1) is 0 Å². The van der Waals surface area contributed by atoms with Gasteiger partial charge >= 0.3 is 0 Å². The van der Waals surface area contributed by atoms with Crippen molar-refractivity contribution < 1.29 is 4.39 Å². The van der Waals surface area contributed by atoms with E-state index in [1.165, 1.54) is 16.7 Å². The number of nitrogens with one attached hydrogen (secondary N) is 3. The largest absolute Gasteiger partial charge is 0.379 e. The molecule has 2 atom stereocenters. The van der Waals surface area contributed by atoms with Gasteiger partial charge in [0.1, 0.15) is 23.3 Å². The van der Waals surface area contributed by atoms with E-state index in [-0.39, 0.29) is 17.8 Å². The summed E-state index contributed by atoms with van der Waals surface area (Å²) in [5.74, 6) is 2.35. The second-order valence-electron chi connectivity index (χ2n) is 9.47. The molecule has 0 spiro atoms. The minimum Gasteiger partial charge on any atom is -0.379 e. The van der Waals surface area contributed by atoms with Crippen molar-refractivity contribution in [1.82, 2.24) is 9.97 Å². The van der Waals surface area contributed by atoms with Gasteiger partial charge in [0.05, 0.1) is 5.69 Å². The van der Waals surface area contributed by atoms with Gasteiger partial charge in [-0.25, -0.2) is 14.4 Å². The molecule has 3 aromatic carbocycles. The Kier molecular flexibility index (Phi) is 6.85. The molecule has 5 nitrogen and oxygen atoms in total. The molecular weight excluding hydrogens is 449 g/mol. The van der Waals surface area contributed by atoms with Gasteiger partial charge in [0, 0.05) is 31.1 Å². The van der Waals surface area contributed by atoms with Gasteiger partial charge in [0.2, 0.25) is 0 Å². The summed E-state index contributed by atoms with van der Waals surface area (Å²) in [4.78, 5) is 9.16. The van der Waals surface area contributed by atoms with Crippen LogP contribution < -0.4 is 16.0 Å². The van der Waals surface area contributed by atoms with E-state index in [4.69, 9.17) is 0 Å². The average Bonchev–Trinajstić information content (AvgIpc) is 3.23. The first kappa shape index (κ1) is 23.8. The van der Waals surface area contributed by atoms with E-state index in [0.29, 0.717) is 18.1 Å². The summed E-state index contributed by atoms with van der Waals surface area (Å²) in [5, 5.41) is 10.3. The van der Waals surface area contributed by atoms with E-state index in [2.05, 4.69) is 88.3 Å². The highest BCUT2D eigenvalue weighted by molar-refractivity contribution is 5.68. The van der Waals surface area contributed by atoms with E-state index < -0.39 is 0 Å². The molecule has 4 aromatic rings. The fourth-order valence-electron chi connectivity index (χ4n) is 5.16. The van der Waals surface area contributed by atoms with E-state index >= 15 is 0 Å². The number of aromatic nitrogens is 2. The van der Waals surface area contributed by atoms with Crippen LogP contribution in [0, 0.1) is 19.7 Å². The molecule has 0 amide bonds. The van der Waals surface area contributed by atoms with Crippen molar-refractivity contribution in [1.29, 1.82) is 0 Å². The van der Waals surface area contributed by atoms with E-state index in [9.17, 15) is 4.39 Å². The van der Waals surface area contributed by atoms with Crippen molar-refractivity contribution >= 4 is 17.3 Å². The number of aryl methyl sites for hydroxylation is 2. The zero-order valence-corrected chi connectivity index (χ0v) is 21.0. The number of anilines is 3. The van der Waals surface area contributed by atoms with Gasteiger partial charge in [-0.1, -0.05) is 60.7 Å². The third-order valence-electron chi connectivity index (χ3n) is 6.92. The summed E-state index contributed by atoms with van der Waals surface area (Å²) >= 11 is 0.